The molecular weight excluding hydrogens is 370 g/mol. The Hall–Kier alpha value is -2.52. The lowest BCUT2D eigenvalue weighted by atomic mass is 10.2. The van der Waals surface area contributed by atoms with Gasteiger partial charge in [0.15, 0.2) is 11.5 Å². The maximum absolute atomic E-state index is 12.6. The number of ether oxygens (including phenoxy) is 2. The molecule has 0 atom stereocenters. The summed E-state index contributed by atoms with van der Waals surface area (Å²) in [5, 5.41) is -0.422. The van der Waals surface area contributed by atoms with E-state index in [9.17, 15) is 14.4 Å². The number of rotatable bonds is 3. The predicted molar refractivity (Wildman–Crippen MR) is 99.3 cm³/mol. The average molecular weight is 389 g/mol. The zero-order valence-corrected chi connectivity index (χ0v) is 15.7. The molecule has 3 aliphatic heterocycles. The van der Waals surface area contributed by atoms with Crippen LogP contribution in [0.3, 0.4) is 0 Å². The molecule has 4 rings (SSSR count). The van der Waals surface area contributed by atoms with Crippen molar-refractivity contribution >= 4 is 34.9 Å². The number of fused-ring (bicyclic) bond motifs is 1. The first-order chi connectivity index (χ1) is 13.0. The van der Waals surface area contributed by atoms with Gasteiger partial charge in [-0.25, -0.2) is 0 Å². The van der Waals surface area contributed by atoms with Gasteiger partial charge in [0.05, 0.1) is 4.91 Å². The first-order valence-electron chi connectivity index (χ1n) is 8.62. The van der Waals surface area contributed by atoms with E-state index in [1.54, 1.807) is 29.2 Å². The number of carbonyl (C=O) groups is 3. The van der Waals surface area contributed by atoms with E-state index < -0.39 is 11.1 Å². The molecule has 3 amide bonds. The van der Waals surface area contributed by atoms with Gasteiger partial charge in [-0.05, 0) is 42.6 Å². The van der Waals surface area contributed by atoms with Crippen LogP contribution in [0.1, 0.15) is 5.56 Å². The van der Waals surface area contributed by atoms with E-state index >= 15 is 0 Å². The van der Waals surface area contributed by atoms with Gasteiger partial charge in [0.1, 0.15) is 6.54 Å². The van der Waals surface area contributed by atoms with E-state index in [-0.39, 0.29) is 19.2 Å². The van der Waals surface area contributed by atoms with Crippen molar-refractivity contribution in [3.8, 4) is 11.5 Å². The highest BCUT2D eigenvalue weighted by Crippen LogP contribution is 2.36. The number of thioether (sulfide) groups is 1. The number of amides is 3. The Morgan fingerprint density at radius 2 is 1.89 bits per heavy atom. The molecule has 0 aliphatic carbocycles. The minimum Gasteiger partial charge on any atom is -0.454 e. The van der Waals surface area contributed by atoms with Gasteiger partial charge in [-0.3, -0.25) is 19.3 Å². The molecule has 3 heterocycles. The van der Waals surface area contributed by atoms with Crippen LogP contribution < -0.4 is 9.47 Å². The molecule has 1 aromatic carbocycles. The van der Waals surface area contributed by atoms with Crippen LogP contribution in [0.4, 0.5) is 4.79 Å². The Morgan fingerprint density at radius 3 is 2.67 bits per heavy atom. The van der Waals surface area contributed by atoms with Gasteiger partial charge in [-0.1, -0.05) is 6.07 Å². The summed E-state index contributed by atoms with van der Waals surface area (Å²) in [5.41, 5.74) is 0.732. The number of imide groups is 1. The third-order valence-corrected chi connectivity index (χ3v) is 5.62. The fraction of sp³-hybridized carbons (Fsp3) is 0.389. The Bertz CT molecular complexity index is 832. The molecule has 0 radical (unpaired) electrons. The van der Waals surface area contributed by atoms with Crippen molar-refractivity contribution in [3.05, 3.63) is 28.7 Å². The first kappa shape index (κ1) is 17.9. The molecule has 0 spiro atoms. The van der Waals surface area contributed by atoms with Crippen LogP contribution in [-0.4, -0.2) is 78.3 Å². The largest absolute Gasteiger partial charge is 0.454 e. The number of piperazine rings is 1. The van der Waals surface area contributed by atoms with Crippen molar-refractivity contribution in [1.82, 2.24) is 14.7 Å². The van der Waals surface area contributed by atoms with E-state index in [1.807, 2.05) is 7.05 Å². The molecule has 2 saturated heterocycles. The van der Waals surface area contributed by atoms with Crippen molar-refractivity contribution in [1.29, 1.82) is 0 Å². The molecule has 9 heteroatoms. The topological polar surface area (TPSA) is 79.4 Å². The quantitative estimate of drug-likeness (QED) is 0.720. The molecule has 2 fully saturated rings. The zero-order valence-electron chi connectivity index (χ0n) is 14.8. The maximum Gasteiger partial charge on any atom is 0.294 e. The summed E-state index contributed by atoms with van der Waals surface area (Å²) in [6.07, 6.45) is 1.63. The molecule has 27 heavy (non-hydrogen) atoms. The van der Waals surface area contributed by atoms with Crippen LogP contribution in [-0.2, 0) is 9.59 Å². The fourth-order valence-corrected chi connectivity index (χ4v) is 3.92. The maximum atomic E-state index is 12.6. The van der Waals surface area contributed by atoms with E-state index in [0.717, 1.165) is 35.3 Å². The highest BCUT2D eigenvalue weighted by Gasteiger charge is 2.37. The van der Waals surface area contributed by atoms with Gasteiger partial charge < -0.3 is 19.3 Å². The normalized spacial score (nSPS) is 21.4. The molecule has 0 aromatic heterocycles. The SMILES string of the molecule is CN1CCN(C(=O)CN2C(=O)SC(=Cc3ccc4c(c3)OCO4)C2=O)CC1. The second kappa shape index (κ2) is 7.24. The summed E-state index contributed by atoms with van der Waals surface area (Å²) in [7, 11) is 2.00. The van der Waals surface area contributed by atoms with Crippen LogP contribution in [0, 0.1) is 0 Å². The molecule has 8 nitrogen and oxygen atoms in total. The van der Waals surface area contributed by atoms with Crippen LogP contribution in [0.5, 0.6) is 11.5 Å². The summed E-state index contributed by atoms with van der Waals surface area (Å²) >= 11 is 0.846. The third kappa shape index (κ3) is 3.65. The first-order valence-corrected chi connectivity index (χ1v) is 9.44. The minimum absolute atomic E-state index is 0.170. The van der Waals surface area contributed by atoms with Crippen LogP contribution in [0.15, 0.2) is 23.1 Å². The van der Waals surface area contributed by atoms with Gasteiger partial charge >= 0.3 is 0 Å². The summed E-state index contributed by atoms with van der Waals surface area (Å²) in [6.45, 7) is 2.75. The van der Waals surface area contributed by atoms with Crippen molar-refractivity contribution in [2.75, 3.05) is 46.6 Å². The Kier molecular flexibility index (Phi) is 4.79. The Morgan fingerprint density at radius 1 is 1.15 bits per heavy atom. The van der Waals surface area contributed by atoms with Gasteiger partial charge in [0.2, 0.25) is 12.7 Å². The lowest BCUT2D eigenvalue weighted by molar-refractivity contribution is -0.137. The lowest BCUT2D eigenvalue weighted by Gasteiger charge is -2.33. The summed E-state index contributed by atoms with van der Waals surface area (Å²) in [4.78, 5) is 42.4. The monoisotopic (exact) mass is 389 g/mol. The van der Waals surface area contributed by atoms with E-state index in [0.29, 0.717) is 29.5 Å². The molecule has 3 aliphatic rings. The average Bonchev–Trinajstić information content (AvgIpc) is 3.22. The Balaban J connectivity index is 1.44. The van der Waals surface area contributed by atoms with Gasteiger partial charge in [0, 0.05) is 26.2 Å². The van der Waals surface area contributed by atoms with Gasteiger partial charge in [-0.2, -0.15) is 0 Å². The second-order valence-corrected chi connectivity index (χ2v) is 7.56. The highest BCUT2D eigenvalue weighted by molar-refractivity contribution is 8.18. The molecule has 0 saturated carbocycles. The van der Waals surface area contributed by atoms with Crippen LogP contribution >= 0.6 is 11.8 Å². The standard InChI is InChI=1S/C18H19N3O5S/c1-19-4-6-20(7-5-19)16(22)10-21-17(23)15(27-18(21)24)9-12-2-3-13-14(8-12)26-11-25-13/h2-3,8-9H,4-7,10-11H2,1H3. The van der Waals surface area contributed by atoms with Crippen LogP contribution in [0.2, 0.25) is 0 Å². The minimum atomic E-state index is -0.440. The van der Waals surface area contributed by atoms with Gasteiger partial charge in [-0.15, -0.1) is 0 Å². The van der Waals surface area contributed by atoms with E-state index in [2.05, 4.69) is 4.90 Å². The number of hydrogen-bond acceptors (Lipinski definition) is 7. The molecular formula is C18H19N3O5S. The number of benzene rings is 1. The molecule has 142 valence electrons. The van der Waals surface area contributed by atoms with Crippen LogP contribution in [0.25, 0.3) is 6.08 Å². The van der Waals surface area contributed by atoms with Gasteiger partial charge in [0.25, 0.3) is 11.1 Å². The molecule has 0 N–H and O–H groups in total. The van der Waals surface area contributed by atoms with Crippen molar-refractivity contribution < 1.29 is 23.9 Å². The molecule has 0 bridgehead atoms. The summed E-state index contributed by atoms with van der Waals surface area (Å²) in [5.74, 6) is 0.617. The molecule has 0 unspecified atom stereocenters. The summed E-state index contributed by atoms with van der Waals surface area (Å²) < 4.78 is 10.6. The zero-order chi connectivity index (χ0) is 19.0. The van der Waals surface area contributed by atoms with E-state index in [1.165, 1.54) is 0 Å². The van der Waals surface area contributed by atoms with E-state index in [4.69, 9.17) is 9.47 Å². The third-order valence-electron chi connectivity index (χ3n) is 4.72. The highest BCUT2D eigenvalue weighted by atomic mass is 32.2. The number of carbonyl (C=O) groups excluding carboxylic acids is 3. The van der Waals surface area contributed by atoms with Crippen molar-refractivity contribution in [3.63, 3.8) is 0 Å². The lowest BCUT2D eigenvalue weighted by Crippen LogP contribution is -2.50. The van der Waals surface area contributed by atoms with Crippen molar-refractivity contribution in [2.24, 2.45) is 0 Å². The number of nitrogens with zero attached hydrogens (tertiary/aromatic N) is 3. The predicted octanol–water partition coefficient (Wildman–Crippen LogP) is 1.23. The fourth-order valence-electron chi connectivity index (χ4n) is 3.08. The number of likely N-dealkylation sites (N-methyl/N-ethyl adjacent to an activating group) is 1. The number of hydrogen-bond donors (Lipinski definition) is 0. The summed E-state index contributed by atoms with van der Waals surface area (Å²) in [6, 6.07) is 5.30. The Labute approximate surface area is 160 Å². The van der Waals surface area contributed by atoms with Crippen molar-refractivity contribution in [2.45, 2.75) is 0 Å². The smallest absolute Gasteiger partial charge is 0.294 e. The second-order valence-electron chi connectivity index (χ2n) is 6.56. The molecule has 1 aromatic rings.